The third-order valence-corrected chi connectivity index (χ3v) is 4.50. The van der Waals surface area contributed by atoms with Crippen LogP contribution in [0.1, 0.15) is 17.3 Å². The van der Waals surface area contributed by atoms with Crippen molar-refractivity contribution in [1.29, 1.82) is 0 Å². The van der Waals surface area contributed by atoms with E-state index in [1.807, 2.05) is 60.6 Å². The van der Waals surface area contributed by atoms with Crippen LogP contribution >= 0.6 is 0 Å². The van der Waals surface area contributed by atoms with Gasteiger partial charge in [0.1, 0.15) is 0 Å². The Balaban J connectivity index is 1.83. The molecule has 0 radical (unpaired) electrons. The van der Waals surface area contributed by atoms with Gasteiger partial charge in [0.25, 0.3) is 0 Å². The lowest BCUT2D eigenvalue weighted by Crippen LogP contribution is -2.31. The molecule has 26 heavy (non-hydrogen) atoms. The SMILES string of the molecule is Cc1ccccc1C1N(C)OC(=Nc2ccccc2)N1c1ccccc1. The number of hydrogen-bond acceptors (Lipinski definition) is 3. The zero-order valence-electron chi connectivity index (χ0n) is 14.9. The molecule has 0 saturated carbocycles. The van der Waals surface area contributed by atoms with Crippen LogP contribution in [0.25, 0.3) is 0 Å². The molecule has 1 saturated heterocycles. The monoisotopic (exact) mass is 343 g/mol. The zero-order valence-corrected chi connectivity index (χ0v) is 14.9. The average Bonchev–Trinajstić information content (AvgIpc) is 2.99. The highest BCUT2D eigenvalue weighted by Crippen LogP contribution is 2.37. The summed E-state index contributed by atoms with van der Waals surface area (Å²) < 4.78 is 0. The van der Waals surface area contributed by atoms with Gasteiger partial charge in [0.2, 0.25) is 0 Å². The third-order valence-electron chi connectivity index (χ3n) is 4.50. The molecule has 1 unspecified atom stereocenters. The van der Waals surface area contributed by atoms with Gasteiger partial charge in [-0.1, -0.05) is 60.7 Å². The number of amidine groups is 1. The molecule has 1 atom stereocenters. The van der Waals surface area contributed by atoms with E-state index in [9.17, 15) is 0 Å². The maximum Gasteiger partial charge on any atom is 0.319 e. The molecule has 0 N–H and O–H groups in total. The Morgan fingerprint density at radius 2 is 1.42 bits per heavy atom. The third kappa shape index (κ3) is 3.07. The maximum absolute atomic E-state index is 6.06. The van der Waals surface area contributed by atoms with Crippen molar-refractivity contribution >= 4 is 17.4 Å². The number of aryl methyl sites for hydroxylation is 1. The summed E-state index contributed by atoms with van der Waals surface area (Å²) >= 11 is 0. The Kier molecular flexibility index (Phi) is 4.42. The Morgan fingerprint density at radius 1 is 0.808 bits per heavy atom. The summed E-state index contributed by atoms with van der Waals surface area (Å²) in [6, 6.07) is 29.1. The van der Waals surface area contributed by atoms with Gasteiger partial charge in [0, 0.05) is 12.7 Å². The molecular weight excluding hydrogens is 322 g/mol. The average molecular weight is 343 g/mol. The number of hydrogen-bond donors (Lipinski definition) is 0. The number of benzene rings is 3. The van der Waals surface area contributed by atoms with Crippen LogP contribution in [-0.2, 0) is 4.84 Å². The Labute approximate surface area is 153 Å². The van der Waals surface area contributed by atoms with E-state index in [1.165, 1.54) is 11.1 Å². The summed E-state index contributed by atoms with van der Waals surface area (Å²) in [5.74, 6) is 0. The second kappa shape index (κ2) is 7.02. The van der Waals surface area contributed by atoms with Crippen LogP contribution in [0, 0.1) is 6.92 Å². The van der Waals surface area contributed by atoms with Gasteiger partial charge in [-0.05, 0) is 42.3 Å². The zero-order chi connectivity index (χ0) is 17.9. The van der Waals surface area contributed by atoms with Crippen LogP contribution < -0.4 is 4.90 Å². The molecule has 4 rings (SSSR count). The van der Waals surface area contributed by atoms with E-state index in [0.29, 0.717) is 6.02 Å². The van der Waals surface area contributed by atoms with Crippen molar-refractivity contribution in [1.82, 2.24) is 5.06 Å². The van der Waals surface area contributed by atoms with Crippen molar-refractivity contribution in [2.75, 3.05) is 11.9 Å². The van der Waals surface area contributed by atoms with E-state index < -0.39 is 0 Å². The van der Waals surface area contributed by atoms with Crippen molar-refractivity contribution in [3.8, 4) is 0 Å². The quantitative estimate of drug-likeness (QED) is 0.665. The minimum absolute atomic E-state index is 0.0823. The Morgan fingerprint density at radius 3 is 2.12 bits per heavy atom. The van der Waals surface area contributed by atoms with Crippen LogP contribution in [0.4, 0.5) is 11.4 Å². The summed E-state index contributed by atoms with van der Waals surface area (Å²) in [4.78, 5) is 12.9. The van der Waals surface area contributed by atoms with Gasteiger partial charge in [-0.15, -0.1) is 5.06 Å². The van der Waals surface area contributed by atoms with E-state index in [4.69, 9.17) is 9.83 Å². The first kappa shape index (κ1) is 16.4. The van der Waals surface area contributed by atoms with Gasteiger partial charge in [-0.3, -0.25) is 4.90 Å². The van der Waals surface area contributed by atoms with Crippen LogP contribution in [0.15, 0.2) is 89.9 Å². The lowest BCUT2D eigenvalue weighted by molar-refractivity contribution is -0.0495. The van der Waals surface area contributed by atoms with E-state index in [2.05, 4.69) is 48.2 Å². The van der Waals surface area contributed by atoms with Gasteiger partial charge in [-0.25, -0.2) is 0 Å². The Hall–Kier alpha value is -3.11. The minimum atomic E-state index is -0.0823. The molecule has 0 aromatic heterocycles. The van der Waals surface area contributed by atoms with E-state index in [1.54, 1.807) is 0 Å². The summed E-state index contributed by atoms with van der Waals surface area (Å²) in [6.45, 7) is 2.12. The molecule has 0 aliphatic carbocycles. The van der Waals surface area contributed by atoms with Crippen molar-refractivity contribution < 1.29 is 4.84 Å². The van der Waals surface area contributed by atoms with E-state index >= 15 is 0 Å². The lowest BCUT2D eigenvalue weighted by atomic mass is 10.1. The molecule has 1 aliphatic rings. The van der Waals surface area contributed by atoms with Gasteiger partial charge >= 0.3 is 6.02 Å². The first-order valence-electron chi connectivity index (χ1n) is 8.68. The van der Waals surface area contributed by atoms with Crippen LogP contribution in [0.2, 0.25) is 0 Å². The highest BCUT2D eigenvalue weighted by Gasteiger charge is 2.39. The van der Waals surface area contributed by atoms with Crippen LogP contribution in [-0.4, -0.2) is 18.1 Å². The maximum atomic E-state index is 6.06. The standard InChI is InChI=1S/C22H21N3O/c1-17-11-9-10-16-20(17)21-24(2)26-22(23-18-12-5-3-6-13-18)25(21)19-14-7-4-8-15-19/h3-16,21H,1-2H3. The molecule has 4 nitrogen and oxygen atoms in total. The smallest absolute Gasteiger partial charge is 0.319 e. The number of hydroxylamine groups is 2. The van der Waals surface area contributed by atoms with Crippen LogP contribution in [0.3, 0.4) is 0 Å². The molecule has 3 aromatic rings. The fourth-order valence-corrected chi connectivity index (χ4v) is 3.23. The van der Waals surface area contributed by atoms with Crippen molar-refractivity contribution in [2.45, 2.75) is 13.1 Å². The minimum Gasteiger partial charge on any atom is -0.365 e. The predicted octanol–water partition coefficient (Wildman–Crippen LogP) is 5.06. The summed E-state index contributed by atoms with van der Waals surface area (Å²) in [5, 5.41) is 1.86. The molecule has 1 heterocycles. The molecule has 1 aliphatic heterocycles. The predicted molar refractivity (Wildman–Crippen MR) is 105 cm³/mol. The van der Waals surface area contributed by atoms with Gasteiger partial charge < -0.3 is 4.84 Å². The van der Waals surface area contributed by atoms with Gasteiger partial charge in [0.15, 0.2) is 6.17 Å². The molecule has 3 aromatic carbocycles. The molecule has 130 valence electrons. The van der Waals surface area contributed by atoms with Crippen molar-refractivity contribution in [3.05, 3.63) is 96.1 Å². The molecule has 0 spiro atoms. The van der Waals surface area contributed by atoms with Crippen LogP contribution in [0.5, 0.6) is 0 Å². The fourth-order valence-electron chi connectivity index (χ4n) is 3.23. The first-order valence-corrected chi connectivity index (χ1v) is 8.68. The van der Waals surface area contributed by atoms with Gasteiger partial charge in [0.05, 0.1) is 5.69 Å². The lowest BCUT2D eigenvalue weighted by Gasteiger charge is -2.26. The number of anilines is 1. The molecule has 1 fully saturated rings. The Bertz CT molecular complexity index is 909. The number of aliphatic imine (C=N–C) groups is 1. The summed E-state index contributed by atoms with van der Waals surface area (Å²) in [6.07, 6.45) is -0.0823. The highest BCUT2D eigenvalue weighted by atomic mass is 16.7. The first-order chi connectivity index (χ1) is 12.7. The molecule has 0 bridgehead atoms. The second-order valence-corrected chi connectivity index (χ2v) is 6.30. The summed E-state index contributed by atoms with van der Waals surface area (Å²) in [7, 11) is 1.94. The molecular formula is C22H21N3O. The highest BCUT2D eigenvalue weighted by molar-refractivity contribution is 5.95. The summed E-state index contributed by atoms with van der Waals surface area (Å²) in [5.41, 5.74) is 4.31. The molecule has 0 amide bonds. The second-order valence-electron chi connectivity index (χ2n) is 6.30. The topological polar surface area (TPSA) is 28.1 Å². The normalized spacial score (nSPS) is 18.9. The number of rotatable bonds is 3. The number of para-hydroxylation sites is 2. The van der Waals surface area contributed by atoms with E-state index in [-0.39, 0.29) is 6.17 Å². The largest absolute Gasteiger partial charge is 0.365 e. The number of nitrogens with zero attached hydrogens (tertiary/aromatic N) is 3. The van der Waals surface area contributed by atoms with E-state index in [0.717, 1.165) is 11.4 Å². The van der Waals surface area contributed by atoms with Crippen molar-refractivity contribution in [2.24, 2.45) is 4.99 Å². The van der Waals surface area contributed by atoms with Crippen molar-refractivity contribution in [3.63, 3.8) is 0 Å². The molecule has 4 heteroatoms. The van der Waals surface area contributed by atoms with Gasteiger partial charge in [-0.2, -0.15) is 4.99 Å². The fraction of sp³-hybridized carbons (Fsp3) is 0.136.